The highest BCUT2D eigenvalue weighted by molar-refractivity contribution is 7.91. The molecule has 2 aromatic heterocycles. The Kier molecular flexibility index (Phi) is 4.51. The zero-order valence-corrected chi connectivity index (χ0v) is 16.4. The summed E-state index contributed by atoms with van der Waals surface area (Å²) in [4.78, 5) is 20.2. The Hall–Kier alpha value is -3.38. The van der Waals surface area contributed by atoms with Crippen molar-refractivity contribution >= 4 is 32.6 Å². The molecule has 2 N–H and O–H groups in total. The molecule has 1 atom stereocenters. The number of aliphatic imine (C=N–C) groups is 1. The molecule has 1 saturated heterocycles. The second-order valence-electron chi connectivity index (χ2n) is 7.09. The maximum absolute atomic E-state index is 12.7. The summed E-state index contributed by atoms with van der Waals surface area (Å²) in [6.45, 7) is 1.56. The normalized spacial score (nSPS) is 18.4. The van der Waals surface area contributed by atoms with Crippen LogP contribution in [0.3, 0.4) is 0 Å². The number of nitrogens with one attached hydrogen (secondary N) is 1. The van der Waals surface area contributed by atoms with Gasteiger partial charge in [-0.25, -0.2) is 8.42 Å². The summed E-state index contributed by atoms with van der Waals surface area (Å²) in [5.41, 5.74) is 1.31. The molecule has 3 heterocycles. The number of aromatic nitrogens is 2. The molecule has 9 heteroatoms. The summed E-state index contributed by atoms with van der Waals surface area (Å²) >= 11 is 0. The van der Waals surface area contributed by atoms with E-state index in [-0.39, 0.29) is 34.9 Å². The van der Waals surface area contributed by atoms with Crippen molar-refractivity contribution in [2.24, 2.45) is 4.99 Å². The minimum Gasteiger partial charge on any atom is -0.494 e. The number of sulfone groups is 1. The van der Waals surface area contributed by atoms with Gasteiger partial charge in [0.2, 0.25) is 5.88 Å². The highest BCUT2D eigenvalue weighted by Crippen LogP contribution is 2.30. The van der Waals surface area contributed by atoms with E-state index in [1.807, 2.05) is 30.5 Å². The first-order valence-electron chi connectivity index (χ1n) is 9.00. The first-order valence-corrected chi connectivity index (χ1v) is 10.8. The lowest BCUT2D eigenvalue weighted by Gasteiger charge is -2.18. The first-order chi connectivity index (χ1) is 13.8. The summed E-state index contributed by atoms with van der Waals surface area (Å²) < 4.78 is 24.7. The molecule has 0 saturated carbocycles. The lowest BCUT2D eigenvalue weighted by atomic mass is 10.0. The summed E-state index contributed by atoms with van der Waals surface area (Å²) in [6.07, 6.45) is 3.43. The zero-order chi connectivity index (χ0) is 20.8. The van der Waals surface area contributed by atoms with Gasteiger partial charge < -0.3 is 10.1 Å². The topological polar surface area (TPSA) is 128 Å². The van der Waals surface area contributed by atoms with Gasteiger partial charge in [0.05, 0.1) is 28.8 Å². The average molecular weight is 410 g/mol. The summed E-state index contributed by atoms with van der Waals surface area (Å²) in [7, 11) is -3.28. The lowest BCUT2D eigenvalue weighted by molar-refractivity contribution is 0.379. The average Bonchev–Trinajstić information content (AvgIpc) is 3.27. The Morgan fingerprint density at radius 2 is 2.17 bits per heavy atom. The predicted molar refractivity (Wildman–Crippen MR) is 110 cm³/mol. The van der Waals surface area contributed by atoms with Crippen molar-refractivity contribution < 1.29 is 13.5 Å². The van der Waals surface area contributed by atoms with Crippen LogP contribution in [0.2, 0.25) is 0 Å². The number of aromatic hydroxyl groups is 1. The molecule has 8 nitrogen and oxygen atoms in total. The van der Waals surface area contributed by atoms with Gasteiger partial charge in [0.25, 0.3) is 5.56 Å². The van der Waals surface area contributed by atoms with Crippen LogP contribution in [0.4, 0.5) is 5.69 Å². The van der Waals surface area contributed by atoms with Gasteiger partial charge in [-0.05, 0) is 43.2 Å². The van der Waals surface area contributed by atoms with Crippen molar-refractivity contribution in [3.8, 4) is 11.9 Å². The number of rotatable bonds is 3. The zero-order valence-electron chi connectivity index (χ0n) is 15.6. The molecule has 4 rings (SSSR count). The number of nitrogens with zero attached hydrogens (tertiary/aromatic N) is 3. The van der Waals surface area contributed by atoms with Crippen LogP contribution in [0.15, 0.2) is 40.2 Å². The van der Waals surface area contributed by atoms with Crippen LogP contribution in [0, 0.1) is 18.3 Å². The Bertz CT molecular complexity index is 1360. The van der Waals surface area contributed by atoms with Gasteiger partial charge in [-0.15, -0.1) is 0 Å². The third kappa shape index (κ3) is 3.32. The Balaban J connectivity index is 1.83. The van der Waals surface area contributed by atoms with E-state index < -0.39 is 21.4 Å². The number of pyridine rings is 1. The van der Waals surface area contributed by atoms with Crippen LogP contribution >= 0.6 is 0 Å². The van der Waals surface area contributed by atoms with Crippen molar-refractivity contribution in [1.82, 2.24) is 9.55 Å². The third-order valence-electron chi connectivity index (χ3n) is 5.25. The van der Waals surface area contributed by atoms with E-state index in [9.17, 15) is 23.6 Å². The molecule has 3 aromatic rings. The van der Waals surface area contributed by atoms with Crippen molar-refractivity contribution in [1.29, 1.82) is 5.26 Å². The van der Waals surface area contributed by atoms with E-state index in [1.54, 1.807) is 13.0 Å². The first kappa shape index (κ1) is 19.0. The van der Waals surface area contributed by atoms with Gasteiger partial charge in [-0.2, -0.15) is 5.26 Å². The molecule has 0 radical (unpaired) electrons. The van der Waals surface area contributed by atoms with Gasteiger partial charge in [0, 0.05) is 23.3 Å². The van der Waals surface area contributed by atoms with Crippen molar-refractivity contribution in [3.63, 3.8) is 0 Å². The minimum atomic E-state index is -3.28. The number of benzene rings is 1. The number of fused-ring (bicyclic) bond motifs is 1. The molecular formula is C20H18N4O4S. The van der Waals surface area contributed by atoms with Crippen LogP contribution in [0.5, 0.6) is 5.88 Å². The maximum atomic E-state index is 12.7. The monoisotopic (exact) mass is 410 g/mol. The van der Waals surface area contributed by atoms with E-state index in [1.165, 1.54) is 6.21 Å². The Morgan fingerprint density at radius 3 is 2.86 bits per heavy atom. The molecule has 0 aliphatic carbocycles. The Labute approximate surface area is 166 Å². The molecule has 0 amide bonds. The lowest BCUT2D eigenvalue weighted by Crippen LogP contribution is -2.29. The molecule has 1 aliphatic rings. The largest absolute Gasteiger partial charge is 0.494 e. The quantitative estimate of drug-likeness (QED) is 0.640. The van der Waals surface area contributed by atoms with E-state index in [0.717, 1.165) is 15.5 Å². The van der Waals surface area contributed by atoms with Gasteiger partial charge in [0.1, 0.15) is 11.6 Å². The van der Waals surface area contributed by atoms with Crippen LogP contribution in [0.1, 0.15) is 29.2 Å². The molecule has 29 heavy (non-hydrogen) atoms. The maximum Gasteiger partial charge on any atom is 0.271 e. The van der Waals surface area contributed by atoms with Crippen LogP contribution in [0.25, 0.3) is 10.9 Å². The van der Waals surface area contributed by atoms with E-state index in [0.29, 0.717) is 11.3 Å². The summed E-state index contributed by atoms with van der Waals surface area (Å²) in [5.74, 6) is -0.672. The third-order valence-corrected chi connectivity index (χ3v) is 7.00. The molecular weight excluding hydrogens is 392 g/mol. The smallest absolute Gasteiger partial charge is 0.271 e. The van der Waals surface area contributed by atoms with Gasteiger partial charge in [0.15, 0.2) is 9.84 Å². The highest BCUT2D eigenvalue weighted by Gasteiger charge is 2.33. The molecule has 148 valence electrons. The minimum absolute atomic E-state index is 0.0561. The molecule has 0 unspecified atom stereocenters. The summed E-state index contributed by atoms with van der Waals surface area (Å²) in [6, 6.07) is 8.61. The van der Waals surface area contributed by atoms with Crippen molar-refractivity contribution in [2.45, 2.75) is 19.4 Å². The summed E-state index contributed by atoms with van der Waals surface area (Å²) in [5, 5.41) is 21.2. The SMILES string of the molecule is Cc1c(C=Nc2ccc3[nH]ccc3c2)c(O)n([C@H]2CCS(=O)(=O)C2)c(=O)c1C#N. The van der Waals surface area contributed by atoms with Crippen molar-refractivity contribution in [2.75, 3.05) is 11.5 Å². The number of aromatic amines is 1. The van der Waals surface area contributed by atoms with E-state index >= 15 is 0 Å². The predicted octanol–water partition coefficient (Wildman–Crippen LogP) is 2.33. The van der Waals surface area contributed by atoms with Crippen LogP contribution < -0.4 is 5.56 Å². The van der Waals surface area contributed by atoms with Gasteiger partial charge in [-0.3, -0.25) is 14.4 Å². The van der Waals surface area contributed by atoms with E-state index in [2.05, 4.69) is 9.98 Å². The number of hydrogen-bond acceptors (Lipinski definition) is 6. The molecule has 1 fully saturated rings. The number of nitriles is 1. The van der Waals surface area contributed by atoms with Gasteiger partial charge >= 0.3 is 0 Å². The molecule has 1 aromatic carbocycles. The van der Waals surface area contributed by atoms with Crippen molar-refractivity contribution in [3.05, 3.63) is 57.5 Å². The van der Waals surface area contributed by atoms with E-state index in [4.69, 9.17) is 0 Å². The standard InChI is InChI=1S/C20H18N4O4S/c1-12-16(9-21)19(25)24(15-5-7-29(27,28)11-15)20(26)17(12)10-23-14-2-3-18-13(8-14)4-6-22-18/h2-4,6,8,10,15,22,26H,5,7,11H2,1H3/t15-/m0/s1. The number of hydrogen-bond donors (Lipinski definition) is 2. The second-order valence-corrected chi connectivity index (χ2v) is 9.32. The molecule has 1 aliphatic heterocycles. The van der Waals surface area contributed by atoms with Crippen LogP contribution in [-0.4, -0.2) is 40.8 Å². The van der Waals surface area contributed by atoms with Crippen LogP contribution in [-0.2, 0) is 9.84 Å². The second kappa shape index (κ2) is 6.90. The molecule has 0 spiro atoms. The Morgan fingerprint density at radius 1 is 1.38 bits per heavy atom. The number of H-pyrrole nitrogens is 1. The highest BCUT2D eigenvalue weighted by atomic mass is 32.2. The fourth-order valence-corrected chi connectivity index (χ4v) is 5.37. The fraction of sp³-hybridized carbons (Fsp3) is 0.250. The van der Waals surface area contributed by atoms with Gasteiger partial charge in [-0.1, -0.05) is 0 Å². The fourth-order valence-electron chi connectivity index (χ4n) is 3.67. The molecule has 0 bridgehead atoms.